The summed E-state index contributed by atoms with van der Waals surface area (Å²) < 4.78 is 0.543. The molecule has 2 rings (SSSR count). The van der Waals surface area contributed by atoms with Crippen LogP contribution >= 0.6 is 22.9 Å². The van der Waals surface area contributed by atoms with Gasteiger partial charge in [0.15, 0.2) is 4.47 Å². The molecule has 21 heavy (non-hydrogen) atoms. The maximum atomic E-state index is 11.7. The number of amides is 1. The van der Waals surface area contributed by atoms with Crippen LogP contribution < -0.4 is 10.6 Å². The van der Waals surface area contributed by atoms with Crippen molar-refractivity contribution in [1.82, 2.24) is 4.98 Å². The second-order valence-electron chi connectivity index (χ2n) is 5.11. The van der Waals surface area contributed by atoms with Crippen molar-refractivity contribution in [3.63, 3.8) is 0 Å². The fourth-order valence-electron chi connectivity index (χ4n) is 1.72. The summed E-state index contributed by atoms with van der Waals surface area (Å²) in [6, 6.07) is 5.83. The second-order valence-corrected chi connectivity index (χ2v) is 6.80. The Morgan fingerprint density at radius 2 is 2.19 bits per heavy atom. The SMILES string of the molecule is Cc1ccc(NC(=O)C(C)C)cc1NCc1cnc(Cl)s1. The first-order chi connectivity index (χ1) is 9.95. The number of hydrogen-bond donors (Lipinski definition) is 2. The quantitative estimate of drug-likeness (QED) is 0.862. The van der Waals surface area contributed by atoms with Gasteiger partial charge >= 0.3 is 0 Å². The zero-order valence-electron chi connectivity index (χ0n) is 12.2. The van der Waals surface area contributed by atoms with Gasteiger partial charge in [-0.1, -0.05) is 31.5 Å². The Bertz CT molecular complexity index is 640. The largest absolute Gasteiger partial charge is 0.380 e. The van der Waals surface area contributed by atoms with E-state index in [9.17, 15) is 4.79 Å². The third-order valence-corrected chi connectivity index (χ3v) is 4.12. The zero-order valence-corrected chi connectivity index (χ0v) is 13.8. The molecule has 2 N–H and O–H groups in total. The summed E-state index contributed by atoms with van der Waals surface area (Å²) in [5.74, 6) is -0.0268. The Morgan fingerprint density at radius 1 is 1.43 bits per heavy atom. The predicted molar refractivity (Wildman–Crippen MR) is 89.1 cm³/mol. The highest BCUT2D eigenvalue weighted by Crippen LogP contribution is 2.23. The fraction of sp³-hybridized carbons (Fsp3) is 0.333. The van der Waals surface area contributed by atoms with Crippen molar-refractivity contribution in [3.8, 4) is 0 Å². The van der Waals surface area contributed by atoms with Crippen LogP contribution in [0.1, 0.15) is 24.3 Å². The fourth-order valence-corrected chi connectivity index (χ4v) is 2.64. The Morgan fingerprint density at radius 3 is 2.81 bits per heavy atom. The summed E-state index contributed by atoms with van der Waals surface area (Å²) in [5.41, 5.74) is 2.90. The highest BCUT2D eigenvalue weighted by molar-refractivity contribution is 7.15. The molecule has 1 heterocycles. The number of carbonyl (C=O) groups is 1. The van der Waals surface area contributed by atoms with E-state index in [1.54, 1.807) is 6.20 Å². The molecule has 0 radical (unpaired) electrons. The molecule has 0 saturated carbocycles. The molecule has 0 bridgehead atoms. The number of anilines is 2. The highest BCUT2D eigenvalue weighted by Gasteiger charge is 2.08. The number of carbonyl (C=O) groups excluding carboxylic acids is 1. The lowest BCUT2D eigenvalue weighted by Crippen LogP contribution is -2.17. The van der Waals surface area contributed by atoms with Crippen LogP contribution in [0.25, 0.3) is 0 Å². The molecule has 0 unspecified atom stereocenters. The van der Waals surface area contributed by atoms with Gasteiger partial charge in [-0.2, -0.15) is 0 Å². The van der Waals surface area contributed by atoms with Crippen LogP contribution in [-0.4, -0.2) is 10.9 Å². The number of rotatable bonds is 5. The number of thiazole rings is 1. The van der Waals surface area contributed by atoms with Gasteiger partial charge in [0, 0.05) is 28.4 Å². The van der Waals surface area contributed by atoms with Crippen LogP contribution in [-0.2, 0) is 11.3 Å². The molecule has 0 aliphatic carbocycles. The van der Waals surface area contributed by atoms with Crippen molar-refractivity contribution in [3.05, 3.63) is 39.3 Å². The summed E-state index contributed by atoms with van der Waals surface area (Å²) in [7, 11) is 0. The molecule has 0 fully saturated rings. The van der Waals surface area contributed by atoms with Gasteiger partial charge < -0.3 is 10.6 Å². The van der Waals surface area contributed by atoms with Gasteiger partial charge in [0.05, 0.1) is 6.54 Å². The van der Waals surface area contributed by atoms with Gasteiger partial charge in [0.25, 0.3) is 0 Å². The first-order valence-corrected chi connectivity index (χ1v) is 7.90. The summed E-state index contributed by atoms with van der Waals surface area (Å²) in [6.07, 6.45) is 1.76. The zero-order chi connectivity index (χ0) is 15.4. The molecule has 112 valence electrons. The molecule has 0 aliphatic heterocycles. The average molecular weight is 324 g/mol. The van der Waals surface area contributed by atoms with Crippen LogP contribution in [0.5, 0.6) is 0 Å². The number of nitrogens with one attached hydrogen (secondary N) is 2. The van der Waals surface area contributed by atoms with Crippen LogP contribution in [0.15, 0.2) is 24.4 Å². The van der Waals surface area contributed by atoms with Crippen molar-refractivity contribution in [1.29, 1.82) is 0 Å². The van der Waals surface area contributed by atoms with Crippen molar-refractivity contribution in [2.75, 3.05) is 10.6 Å². The van der Waals surface area contributed by atoms with Crippen molar-refractivity contribution in [2.45, 2.75) is 27.3 Å². The number of aryl methyl sites for hydroxylation is 1. The Kier molecular flexibility index (Phi) is 5.20. The van der Waals surface area contributed by atoms with Crippen molar-refractivity contribution < 1.29 is 4.79 Å². The summed E-state index contributed by atoms with van der Waals surface area (Å²) in [4.78, 5) is 16.8. The smallest absolute Gasteiger partial charge is 0.226 e. The monoisotopic (exact) mass is 323 g/mol. The third-order valence-electron chi connectivity index (χ3n) is 3.01. The Balaban J connectivity index is 2.06. The molecule has 0 spiro atoms. The minimum absolute atomic E-state index is 0.0130. The summed E-state index contributed by atoms with van der Waals surface area (Å²) in [5, 5.41) is 6.25. The van der Waals surface area contributed by atoms with E-state index in [0.29, 0.717) is 11.0 Å². The summed E-state index contributed by atoms with van der Waals surface area (Å²) in [6.45, 7) is 6.43. The van der Waals surface area contributed by atoms with E-state index >= 15 is 0 Å². The highest BCUT2D eigenvalue weighted by atomic mass is 35.5. The molecule has 1 aromatic carbocycles. The van der Waals surface area contributed by atoms with E-state index in [4.69, 9.17) is 11.6 Å². The Labute approximate surface area is 133 Å². The normalized spacial score (nSPS) is 10.7. The molecule has 2 aromatic rings. The van der Waals surface area contributed by atoms with Crippen molar-refractivity contribution in [2.24, 2.45) is 5.92 Å². The van der Waals surface area contributed by atoms with E-state index in [1.807, 2.05) is 39.0 Å². The van der Waals surface area contributed by atoms with E-state index in [-0.39, 0.29) is 11.8 Å². The molecule has 0 aliphatic rings. The molecule has 1 aromatic heterocycles. The number of halogens is 1. The molecule has 0 saturated heterocycles. The summed E-state index contributed by atoms with van der Waals surface area (Å²) >= 11 is 7.27. The van der Waals surface area contributed by atoms with Crippen LogP contribution in [0.4, 0.5) is 11.4 Å². The number of hydrogen-bond acceptors (Lipinski definition) is 4. The van der Waals surface area contributed by atoms with Crippen LogP contribution in [0.3, 0.4) is 0 Å². The maximum absolute atomic E-state index is 11.7. The lowest BCUT2D eigenvalue weighted by atomic mass is 10.1. The number of aromatic nitrogens is 1. The average Bonchev–Trinajstić information content (AvgIpc) is 2.85. The molecular formula is C15H18ClN3OS. The topological polar surface area (TPSA) is 54.0 Å². The third kappa shape index (κ3) is 4.44. The lowest BCUT2D eigenvalue weighted by molar-refractivity contribution is -0.118. The molecule has 1 amide bonds. The second kappa shape index (κ2) is 6.91. The molecule has 6 heteroatoms. The first-order valence-electron chi connectivity index (χ1n) is 6.71. The number of nitrogens with zero attached hydrogens (tertiary/aromatic N) is 1. The number of benzene rings is 1. The molecule has 4 nitrogen and oxygen atoms in total. The predicted octanol–water partition coefficient (Wildman–Crippen LogP) is 4.31. The van der Waals surface area contributed by atoms with E-state index in [2.05, 4.69) is 15.6 Å². The van der Waals surface area contributed by atoms with Crippen LogP contribution in [0, 0.1) is 12.8 Å². The maximum Gasteiger partial charge on any atom is 0.226 e. The van der Waals surface area contributed by atoms with E-state index < -0.39 is 0 Å². The van der Waals surface area contributed by atoms with E-state index in [1.165, 1.54) is 11.3 Å². The lowest BCUT2D eigenvalue weighted by Gasteiger charge is -2.12. The standard InChI is InChI=1S/C15H18ClN3OS/c1-9(2)14(20)19-11-5-4-10(3)13(6-11)17-7-12-8-18-15(16)21-12/h4-6,8-9,17H,7H2,1-3H3,(H,19,20). The Hall–Kier alpha value is -1.59. The first kappa shape index (κ1) is 15.8. The minimum atomic E-state index is -0.0398. The van der Waals surface area contributed by atoms with Gasteiger partial charge in [0.1, 0.15) is 0 Å². The van der Waals surface area contributed by atoms with Gasteiger partial charge in [-0.3, -0.25) is 4.79 Å². The van der Waals surface area contributed by atoms with E-state index in [0.717, 1.165) is 21.8 Å². The van der Waals surface area contributed by atoms with Crippen LogP contribution in [0.2, 0.25) is 4.47 Å². The van der Waals surface area contributed by atoms with Gasteiger partial charge in [-0.25, -0.2) is 4.98 Å². The van der Waals surface area contributed by atoms with Gasteiger partial charge in [-0.05, 0) is 24.6 Å². The molecular weight excluding hydrogens is 306 g/mol. The van der Waals surface area contributed by atoms with Gasteiger partial charge in [0.2, 0.25) is 5.91 Å². The molecule has 0 atom stereocenters. The van der Waals surface area contributed by atoms with Gasteiger partial charge in [-0.15, -0.1) is 11.3 Å². The van der Waals surface area contributed by atoms with Crippen molar-refractivity contribution >= 4 is 40.2 Å². The minimum Gasteiger partial charge on any atom is -0.380 e.